The number of likely N-dealkylation sites (tertiary alicyclic amines) is 1. The lowest BCUT2D eigenvalue weighted by Gasteiger charge is -2.29. The Kier molecular flexibility index (Phi) is 4.48. The van der Waals surface area contributed by atoms with Crippen LogP contribution in [-0.2, 0) is 11.3 Å². The second-order valence-corrected chi connectivity index (χ2v) is 6.48. The van der Waals surface area contributed by atoms with E-state index in [2.05, 4.69) is 10.3 Å². The Morgan fingerprint density at radius 1 is 1.26 bits per heavy atom. The van der Waals surface area contributed by atoms with E-state index in [4.69, 9.17) is 4.42 Å². The largest absolute Gasteiger partial charge is 0.440 e. The van der Waals surface area contributed by atoms with Crippen LogP contribution in [-0.4, -0.2) is 34.4 Å². The summed E-state index contributed by atoms with van der Waals surface area (Å²) in [4.78, 5) is 18.8. The number of amides is 1. The van der Waals surface area contributed by atoms with Gasteiger partial charge in [0.15, 0.2) is 0 Å². The predicted octanol–water partition coefficient (Wildman–Crippen LogP) is 2.83. The lowest BCUT2D eigenvalue weighted by molar-refractivity contribution is -0.136. The minimum absolute atomic E-state index is 0.151. The van der Waals surface area contributed by atoms with Gasteiger partial charge in [-0.3, -0.25) is 10.1 Å². The van der Waals surface area contributed by atoms with Crippen LogP contribution in [0.3, 0.4) is 0 Å². The van der Waals surface area contributed by atoms with E-state index in [9.17, 15) is 4.79 Å². The SMILES string of the molecule is CC(C)(NCc1cnc(-c2ccccc2)o1)C(=O)N1CCCC1. The molecular formula is C18H23N3O2. The zero-order valence-electron chi connectivity index (χ0n) is 13.7. The first-order chi connectivity index (χ1) is 11.1. The summed E-state index contributed by atoms with van der Waals surface area (Å²) in [5.74, 6) is 1.48. The zero-order valence-corrected chi connectivity index (χ0v) is 13.7. The highest BCUT2D eigenvalue weighted by Crippen LogP contribution is 2.20. The Morgan fingerprint density at radius 3 is 2.65 bits per heavy atom. The number of nitrogens with one attached hydrogen (secondary N) is 1. The second-order valence-electron chi connectivity index (χ2n) is 6.48. The number of oxazole rings is 1. The van der Waals surface area contributed by atoms with Crippen molar-refractivity contribution in [3.05, 3.63) is 42.3 Å². The van der Waals surface area contributed by atoms with Crippen LogP contribution in [0.25, 0.3) is 11.5 Å². The fourth-order valence-corrected chi connectivity index (χ4v) is 2.80. The summed E-state index contributed by atoms with van der Waals surface area (Å²) in [5, 5.41) is 3.29. The Bertz CT molecular complexity index is 658. The van der Waals surface area contributed by atoms with Crippen molar-refractivity contribution in [1.82, 2.24) is 15.2 Å². The van der Waals surface area contributed by atoms with Crippen LogP contribution in [0.5, 0.6) is 0 Å². The molecule has 2 aromatic rings. The second kappa shape index (κ2) is 6.54. The number of hydrogen-bond acceptors (Lipinski definition) is 4. The van der Waals surface area contributed by atoms with Crippen LogP contribution in [0.15, 0.2) is 40.9 Å². The Labute approximate surface area is 136 Å². The number of benzene rings is 1. The van der Waals surface area contributed by atoms with Crippen molar-refractivity contribution in [3.8, 4) is 11.5 Å². The smallest absolute Gasteiger partial charge is 0.242 e. The summed E-state index contributed by atoms with van der Waals surface area (Å²) < 4.78 is 5.77. The summed E-state index contributed by atoms with van der Waals surface area (Å²) in [6.07, 6.45) is 3.92. The molecule has 0 saturated carbocycles. The summed E-state index contributed by atoms with van der Waals surface area (Å²) in [6.45, 7) is 6.05. The number of carbonyl (C=O) groups excluding carboxylic acids is 1. The van der Waals surface area contributed by atoms with Crippen molar-refractivity contribution in [2.24, 2.45) is 0 Å². The molecule has 1 N–H and O–H groups in total. The molecule has 122 valence electrons. The highest BCUT2D eigenvalue weighted by atomic mass is 16.4. The van der Waals surface area contributed by atoms with E-state index in [0.717, 1.165) is 37.3 Å². The standard InChI is InChI=1S/C18H23N3O2/c1-18(2,17(22)21-10-6-7-11-21)20-13-15-12-19-16(23-15)14-8-4-3-5-9-14/h3-5,8-9,12,20H,6-7,10-11,13H2,1-2H3. The van der Waals surface area contributed by atoms with Gasteiger partial charge in [-0.25, -0.2) is 4.98 Å². The van der Waals surface area contributed by atoms with Gasteiger partial charge >= 0.3 is 0 Å². The molecule has 5 heteroatoms. The lowest BCUT2D eigenvalue weighted by Crippen LogP contribution is -2.53. The molecule has 3 rings (SSSR count). The van der Waals surface area contributed by atoms with E-state index in [1.807, 2.05) is 49.1 Å². The quantitative estimate of drug-likeness (QED) is 0.922. The first-order valence-electron chi connectivity index (χ1n) is 8.11. The first-order valence-corrected chi connectivity index (χ1v) is 8.11. The van der Waals surface area contributed by atoms with Crippen molar-refractivity contribution in [3.63, 3.8) is 0 Å². The van der Waals surface area contributed by atoms with Gasteiger partial charge in [0, 0.05) is 18.7 Å². The van der Waals surface area contributed by atoms with E-state index in [1.54, 1.807) is 6.20 Å². The number of carbonyl (C=O) groups is 1. The van der Waals surface area contributed by atoms with E-state index in [-0.39, 0.29) is 5.91 Å². The van der Waals surface area contributed by atoms with Gasteiger partial charge in [-0.15, -0.1) is 0 Å². The van der Waals surface area contributed by atoms with Crippen molar-refractivity contribution >= 4 is 5.91 Å². The van der Waals surface area contributed by atoms with Gasteiger partial charge in [-0.05, 0) is 38.8 Å². The van der Waals surface area contributed by atoms with Crippen molar-refractivity contribution in [2.75, 3.05) is 13.1 Å². The van der Waals surface area contributed by atoms with Gasteiger partial charge in [-0.2, -0.15) is 0 Å². The normalized spacial score (nSPS) is 15.1. The number of hydrogen-bond donors (Lipinski definition) is 1. The highest BCUT2D eigenvalue weighted by molar-refractivity contribution is 5.85. The molecule has 2 heterocycles. The lowest BCUT2D eigenvalue weighted by atomic mass is 10.0. The minimum atomic E-state index is -0.607. The topological polar surface area (TPSA) is 58.4 Å². The van der Waals surface area contributed by atoms with Gasteiger partial charge in [0.25, 0.3) is 0 Å². The van der Waals surface area contributed by atoms with E-state index in [0.29, 0.717) is 12.4 Å². The van der Waals surface area contributed by atoms with Gasteiger partial charge in [0.05, 0.1) is 18.3 Å². The summed E-state index contributed by atoms with van der Waals surface area (Å²) >= 11 is 0. The fourth-order valence-electron chi connectivity index (χ4n) is 2.80. The molecule has 0 unspecified atom stereocenters. The Hall–Kier alpha value is -2.14. The van der Waals surface area contributed by atoms with Crippen molar-refractivity contribution in [1.29, 1.82) is 0 Å². The molecule has 1 aliphatic rings. The van der Waals surface area contributed by atoms with E-state index in [1.165, 1.54) is 0 Å². The number of aromatic nitrogens is 1. The van der Waals surface area contributed by atoms with Crippen LogP contribution in [0.1, 0.15) is 32.4 Å². The summed E-state index contributed by atoms with van der Waals surface area (Å²) in [5.41, 5.74) is 0.343. The molecule has 0 bridgehead atoms. The molecular weight excluding hydrogens is 290 g/mol. The third-order valence-electron chi connectivity index (χ3n) is 4.21. The Balaban J connectivity index is 1.61. The van der Waals surface area contributed by atoms with Crippen LogP contribution in [0, 0.1) is 0 Å². The van der Waals surface area contributed by atoms with E-state index >= 15 is 0 Å². The maximum Gasteiger partial charge on any atom is 0.242 e. The molecule has 0 aliphatic carbocycles. The van der Waals surface area contributed by atoms with Crippen LogP contribution in [0.2, 0.25) is 0 Å². The average Bonchev–Trinajstić information content (AvgIpc) is 3.25. The third kappa shape index (κ3) is 3.62. The van der Waals surface area contributed by atoms with Gasteiger partial charge in [0.2, 0.25) is 11.8 Å². The number of nitrogens with zero attached hydrogens (tertiary/aromatic N) is 2. The molecule has 0 atom stereocenters. The van der Waals surface area contributed by atoms with E-state index < -0.39 is 5.54 Å². The van der Waals surface area contributed by atoms with Crippen molar-refractivity contribution in [2.45, 2.75) is 38.8 Å². The van der Waals surface area contributed by atoms with Crippen LogP contribution < -0.4 is 5.32 Å². The molecule has 1 aliphatic heterocycles. The third-order valence-corrected chi connectivity index (χ3v) is 4.21. The molecule has 1 aromatic carbocycles. The molecule has 5 nitrogen and oxygen atoms in total. The van der Waals surface area contributed by atoms with Crippen LogP contribution in [0.4, 0.5) is 0 Å². The minimum Gasteiger partial charge on any atom is -0.440 e. The molecule has 1 saturated heterocycles. The maximum atomic E-state index is 12.5. The first kappa shape index (κ1) is 15.7. The highest BCUT2D eigenvalue weighted by Gasteiger charge is 2.32. The van der Waals surface area contributed by atoms with Gasteiger partial charge < -0.3 is 9.32 Å². The molecule has 1 aromatic heterocycles. The monoisotopic (exact) mass is 313 g/mol. The number of rotatable bonds is 5. The van der Waals surface area contributed by atoms with Crippen molar-refractivity contribution < 1.29 is 9.21 Å². The summed E-state index contributed by atoms with van der Waals surface area (Å²) in [6, 6.07) is 9.79. The molecule has 0 radical (unpaired) electrons. The predicted molar refractivity (Wildman–Crippen MR) is 88.7 cm³/mol. The van der Waals surface area contributed by atoms with Gasteiger partial charge in [0.1, 0.15) is 5.76 Å². The zero-order chi connectivity index (χ0) is 16.3. The summed E-state index contributed by atoms with van der Waals surface area (Å²) in [7, 11) is 0. The molecule has 1 amide bonds. The van der Waals surface area contributed by atoms with Crippen LogP contribution >= 0.6 is 0 Å². The van der Waals surface area contributed by atoms with Gasteiger partial charge in [-0.1, -0.05) is 18.2 Å². The fraction of sp³-hybridized carbons (Fsp3) is 0.444. The molecule has 23 heavy (non-hydrogen) atoms. The molecule has 1 fully saturated rings. The average molecular weight is 313 g/mol. The maximum absolute atomic E-state index is 12.5. The Morgan fingerprint density at radius 2 is 1.96 bits per heavy atom. The molecule has 0 spiro atoms.